The molecule has 2 aromatic rings. The summed E-state index contributed by atoms with van der Waals surface area (Å²) in [5, 5.41) is 7.39. The molecule has 0 atom stereocenters. The molecule has 2 rings (SSSR count). The van der Waals surface area contributed by atoms with E-state index in [0.29, 0.717) is 48.5 Å². The van der Waals surface area contributed by atoms with Gasteiger partial charge in [0.25, 0.3) is 5.91 Å². The molecule has 11 nitrogen and oxygen atoms in total. The van der Waals surface area contributed by atoms with E-state index in [2.05, 4.69) is 16.0 Å². The van der Waals surface area contributed by atoms with Crippen LogP contribution in [0.5, 0.6) is 17.2 Å². The second-order valence-corrected chi connectivity index (χ2v) is 6.19. The maximum atomic E-state index is 11.4. The molecule has 0 aromatic heterocycles. The molecule has 0 aliphatic heterocycles. The van der Waals surface area contributed by atoms with Gasteiger partial charge in [0.15, 0.2) is 6.29 Å². The van der Waals surface area contributed by atoms with Crippen molar-refractivity contribution < 1.29 is 38.2 Å². The van der Waals surface area contributed by atoms with Gasteiger partial charge in [-0.05, 0) is 62.4 Å². The number of hydrogen-bond acceptors (Lipinski definition) is 8. The predicted octanol–water partition coefficient (Wildman–Crippen LogP) is 2.10. The summed E-state index contributed by atoms with van der Waals surface area (Å²) >= 11 is 0. The molecule has 0 saturated heterocycles. The summed E-state index contributed by atoms with van der Waals surface area (Å²) in [5.41, 5.74) is 0.389. The highest BCUT2D eigenvalue weighted by atomic mass is 16.6. The van der Waals surface area contributed by atoms with Crippen molar-refractivity contribution in [3.05, 3.63) is 54.1 Å². The van der Waals surface area contributed by atoms with Gasteiger partial charge in [0, 0.05) is 18.7 Å². The van der Waals surface area contributed by atoms with Crippen LogP contribution in [0.3, 0.4) is 0 Å². The molecule has 3 amide bonds. The van der Waals surface area contributed by atoms with E-state index in [1.54, 1.807) is 38.1 Å². The van der Waals surface area contributed by atoms with Crippen molar-refractivity contribution >= 4 is 30.7 Å². The first-order valence-corrected chi connectivity index (χ1v) is 10.3. The lowest BCUT2D eigenvalue weighted by Crippen LogP contribution is -2.26. The van der Waals surface area contributed by atoms with Gasteiger partial charge in [-0.15, -0.1) is 0 Å². The van der Waals surface area contributed by atoms with Crippen LogP contribution < -0.4 is 30.2 Å². The minimum absolute atomic E-state index is 0.0104. The summed E-state index contributed by atoms with van der Waals surface area (Å²) < 4.78 is 14.9. The monoisotopic (exact) mass is 473 g/mol. The molecule has 0 aliphatic carbocycles. The molecule has 0 heterocycles. The zero-order chi connectivity index (χ0) is 25.2. The lowest BCUT2D eigenvalue weighted by molar-refractivity contribution is -0.109. The number of rotatable bonds is 10. The maximum Gasteiger partial charge on any atom is 0.412 e. The molecule has 182 valence electrons. The summed E-state index contributed by atoms with van der Waals surface area (Å²) in [6.07, 6.45) is 0.226. The average Bonchev–Trinajstić information content (AvgIpc) is 2.83. The second kappa shape index (κ2) is 16.3. The van der Waals surface area contributed by atoms with Crippen LogP contribution in [0.25, 0.3) is 0 Å². The summed E-state index contributed by atoms with van der Waals surface area (Å²) in [6.45, 7) is 4.55. The zero-order valence-corrected chi connectivity index (χ0v) is 18.9. The van der Waals surface area contributed by atoms with E-state index in [9.17, 15) is 24.0 Å². The summed E-state index contributed by atoms with van der Waals surface area (Å²) in [5.74, 6) is 0.958. The van der Waals surface area contributed by atoms with Crippen molar-refractivity contribution in [2.45, 2.75) is 13.8 Å². The Morgan fingerprint density at radius 1 is 0.706 bits per heavy atom. The van der Waals surface area contributed by atoms with Crippen LogP contribution in [0, 0.1) is 0 Å². The molecular weight excluding hydrogens is 446 g/mol. The van der Waals surface area contributed by atoms with Gasteiger partial charge in [0.1, 0.15) is 30.1 Å². The Morgan fingerprint density at radius 3 is 1.62 bits per heavy atom. The quantitative estimate of drug-likeness (QED) is 0.444. The van der Waals surface area contributed by atoms with Gasteiger partial charge in [-0.2, -0.15) is 0 Å². The van der Waals surface area contributed by atoms with Crippen LogP contribution in [-0.2, 0) is 9.59 Å². The minimum Gasteiger partial charge on any atom is -0.486 e. The number of carbonyl (C=O) groups excluding carboxylic acids is 5. The van der Waals surface area contributed by atoms with Crippen molar-refractivity contribution in [3.63, 3.8) is 0 Å². The molecular formula is C23H27N3O8. The fourth-order valence-electron chi connectivity index (χ4n) is 2.22. The lowest BCUT2D eigenvalue weighted by atomic mass is 10.2. The van der Waals surface area contributed by atoms with Gasteiger partial charge in [0.05, 0.1) is 6.54 Å². The van der Waals surface area contributed by atoms with Crippen molar-refractivity contribution in [3.8, 4) is 17.2 Å². The van der Waals surface area contributed by atoms with E-state index in [1.807, 2.05) is 0 Å². The normalized spacial score (nSPS) is 9.35. The Morgan fingerprint density at radius 2 is 1.18 bits per heavy atom. The molecule has 0 aliphatic rings. The van der Waals surface area contributed by atoms with Crippen molar-refractivity contribution in [2.75, 3.05) is 26.2 Å². The largest absolute Gasteiger partial charge is 0.486 e. The van der Waals surface area contributed by atoms with Crippen LogP contribution in [0.2, 0.25) is 0 Å². The first kappa shape index (κ1) is 27.6. The van der Waals surface area contributed by atoms with Gasteiger partial charge in [-0.25, -0.2) is 9.59 Å². The Hall–Kier alpha value is -4.41. The van der Waals surface area contributed by atoms with Gasteiger partial charge in [-0.1, -0.05) is 0 Å². The van der Waals surface area contributed by atoms with Crippen LogP contribution in [0.1, 0.15) is 24.2 Å². The number of carbonyl (C=O) groups is 5. The molecule has 34 heavy (non-hydrogen) atoms. The second-order valence-electron chi connectivity index (χ2n) is 6.19. The SMILES string of the molecule is CCNC(=O)Oc1ccc(C(=O)NCC=O)cc1.CCNC(=O)Oc1ccc(OCC=O)cc1. The Balaban J connectivity index is 0.000000342. The number of nitrogens with one attached hydrogen (secondary N) is 3. The summed E-state index contributed by atoms with van der Waals surface area (Å²) in [6, 6.07) is 12.5. The third kappa shape index (κ3) is 11.3. The molecule has 0 radical (unpaired) electrons. The maximum absolute atomic E-state index is 11.4. The van der Waals surface area contributed by atoms with Crippen molar-refractivity contribution in [1.82, 2.24) is 16.0 Å². The number of ether oxygens (including phenoxy) is 3. The fraction of sp³-hybridized carbons (Fsp3) is 0.261. The van der Waals surface area contributed by atoms with Gasteiger partial charge >= 0.3 is 12.2 Å². The Kier molecular flexibility index (Phi) is 13.2. The Bertz CT molecular complexity index is 930. The van der Waals surface area contributed by atoms with E-state index in [-0.39, 0.29) is 19.1 Å². The Labute approximate surface area is 196 Å². The number of aldehydes is 2. The summed E-state index contributed by atoms with van der Waals surface area (Å²) in [4.78, 5) is 53.8. The van der Waals surface area contributed by atoms with E-state index in [1.165, 1.54) is 24.3 Å². The standard InChI is InChI=1S/C12H14N2O4.C11H13NO4/c1-2-13-12(17)18-10-5-3-9(4-6-10)11(16)14-7-8-15;1-2-12-11(14)16-10-5-3-9(4-6-10)15-8-7-13/h3-6,8H,2,7H2,1H3,(H,13,17)(H,14,16);3-7H,2,8H2,1H3,(H,12,14). The van der Waals surface area contributed by atoms with Gasteiger partial charge < -0.3 is 35.0 Å². The van der Waals surface area contributed by atoms with Crippen LogP contribution >= 0.6 is 0 Å². The van der Waals surface area contributed by atoms with E-state index < -0.39 is 12.2 Å². The van der Waals surface area contributed by atoms with Crippen molar-refractivity contribution in [1.29, 1.82) is 0 Å². The zero-order valence-electron chi connectivity index (χ0n) is 18.9. The molecule has 0 saturated carbocycles. The van der Waals surface area contributed by atoms with Crippen LogP contribution in [0.4, 0.5) is 9.59 Å². The predicted molar refractivity (Wildman–Crippen MR) is 122 cm³/mol. The molecule has 0 unspecified atom stereocenters. The molecule has 0 fully saturated rings. The van der Waals surface area contributed by atoms with Gasteiger partial charge in [-0.3, -0.25) is 9.59 Å². The number of benzene rings is 2. The highest BCUT2D eigenvalue weighted by molar-refractivity contribution is 5.95. The fourth-order valence-corrected chi connectivity index (χ4v) is 2.22. The van der Waals surface area contributed by atoms with Crippen LogP contribution in [0.15, 0.2) is 48.5 Å². The molecule has 3 N–H and O–H groups in total. The number of amides is 3. The average molecular weight is 473 g/mol. The topological polar surface area (TPSA) is 149 Å². The third-order valence-corrected chi connectivity index (χ3v) is 3.67. The highest BCUT2D eigenvalue weighted by Gasteiger charge is 2.06. The smallest absolute Gasteiger partial charge is 0.412 e. The van der Waals surface area contributed by atoms with E-state index >= 15 is 0 Å². The number of hydrogen-bond donors (Lipinski definition) is 3. The van der Waals surface area contributed by atoms with Crippen LogP contribution in [-0.4, -0.2) is 56.9 Å². The molecule has 0 bridgehead atoms. The minimum atomic E-state index is -0.546. The third-order valence-electron chi connectivity index (χ3n) is 3.67. The molecule has 2 aromatic carbocycles. The first-order valence-electron chi connectivity index (χ1n) is 10.3. The van der Waals surface area contributed by atoms with Crippen molar-refractivity contribution in [2.24, 2.45) is 0 Å². The van der Waals surface area contributed by atoms with E-state index in [0.717, 1.165) is 0 Å². The molecule has 0 spiro atoms. The van der Waals surface area contributed by atoms with E-state index in [4.69, 9.17) is 14.2 Å². The lowest BCUT2D eigenvalue weighted by Gasteiger charge is -2.06. The molecule has 11 heteroatoms. The van der Waals surface area contributed by atoms with Gasteiger partial charge in [0.2, 0.25) is 0 Å². The highest BCUT2D eigenvalue weighted by Crippen LogP contribution is 2.17. The first-order chi connectivity index (χ1) is 16.4. The summed E-state index contributed by atoms with van der Waals surface area (Å²) in [7, 11) is 0.